The number of anilines is 2. The van der Waals surface area contributed by atoms with Crippen LogP contribution in [-0.4, -0.2) is 35.2 Å². The number of rotatable bonds is 3. The average Bonchev–Trinajstić information content (AvgIpc) is 3.49. The smallest absolute Gasteiger partial charge is 0.235 e. The van der Waals surface area contributed by atoms with Crippen LogP contribution in [0.4, 0.5) is 11.5 Å². The molecule has 1 spiro atoms. The van der Waals surface area contributed by atoms with Crippen molar-refractivity contribution < 1.29 is 18.8 Å². The van der Waals surface area contributed by atoms with Gasteiger partial charge in [0.1, 0.15) is 11.4 Å². The molecule has 2 amide bonds. The van der Waals surface area contributed by atoms with E-state index in [2.05, 4.69) is 10.5 Å². The number of benzene rings is 2. The fourth-order valence-corrected chi connectivity index (χ4v) is 5.02. The summed E-state index contributed by atoms with van der Waals surface area (Å²) in [7, 11) is 0. The minimum Gasteiger partial charge on any atom is -0.360 e. The molecule has 2 bridgehead atoms. The molecule has 3 aromatic rings. The van der Waals surface area contributed by atoms with E-state index in [1.54, 1.807) is 17.9 Å². The summed E-state index contributed by atoms with van der Waals surface area (Å²) < 4.78 is 11.3. The van der Waals surface area contributed by atoms with Gasteiger partial charge in [-0.2, -0.15) is 0 Å². The fraction of sp³-hybridized carbons (Fsp3) is 0.261. The summed E-state index contributed by atoms with van der Waals surface area (Å²) in [6.45, 7) is 2.10. The number of nitrogens with zero attached hydrogens (tertiary/aromatic N) is 2. The number of nitrogens with one attached hydrogen (secondary N) is 1. The van der Waals surface area contributed by atoms with Gasteiger partial charge >= 0.3 is 0 Å². The first-order valence-corrected chi connectivity index (χ1v) is 9.96. The van der Waals surface area contributed by atoms with Gasteiger partial charge in [-0.1, -0.05) is 53.7 Å². The highest BCUT2D eigenvalue weighted by Gasteiger charge is 2.67. The van der Waals surface area contributed by atoms with Crippen molar-refractivity contribution in [2.75, 3.05) is 16.8 Å². The van der Waals surface area contributed by atoms with Crippen molar-refractivity contribution in [1.82, 2.24) is 5.16 Å². The largest absolute Gasteiger partial charge is 0.360 e. The van der Waals surface area contributed by atoms with E-state index in [0.29, 0.717) is 18.1 Å². The van der Waals surface area contributed by atoms with E-state index in [-0.39, 0.29) is 11.8 Å². The van der Waals surface area contributed by atoms with Crippen LogP contribution < -0.4 is 10.2 Å². The molecule has 0 saturated carbocycles. The Morgan fingerprint density at radius 2 is 2.07 bits per heavy atom. The van der Waals surface area contributed by atoms with Crippen molar-refractivity contribution in [2.24, 2.45) is 11.8 Å². The van der Waals surface area contributed by atoms with Crippen LogP contribution >= 0.6 is 0 Å². The second-order valence-electron chi connectivity index (χ2n) is 8.14. The monoisotopic (exact) mass is 401 g/mol. The van der Waals surface area contributed by atoms with Gasteiger partial charge in [-0.3, -0.25) is 14.5 Å². The number of aryl methyl sites for hydroxylation is 1. The highest BCUT2D eigenvalue weighted by atomic mass is 16.5. The topological polar surface area (TPSA) is 84.7 Å². The average molecular weight is 401 g/mol. The Hall–Kier alpha value is -3.45. The van der Waals surface area contributed by atoms with E-state index in [1.807, 2.05) is 54.6 Å². The Kier molecular flexibility index (Phi) is 3.50. The molecular formula is C23H19N3O4. The highest BCUT2D eigenvalue weighted by Crippen LogP contribution is 2.52. The van der Waals surface area contributed by atoms with Gasteiger partial charge in [-0.05, 0) is 18.4 Å². The Morgan fingerprint density at radius 3 is 2.90 bits per heavy atom. The zero-order valence-electron chi connectivity index (χ0n) is 16.2. The minimum absolute atomic E-state index is 0.159. The number of hydrogen-bond acceptors (Lipinski definition) is 5. The van der Waals surface area contributed by atoms with E-state index in [1.165, 1.54) is 0 Å². The third-order valence-corrected chi connectivity index (χ3v) is 6.34. The molecule has 3 aliphatic heterocycles. The van der Waals surface area contributed by atoms with Gasteiger partial charge in [-0.15, -0.1) is 0 Å². The third kappa shape index (κ3) is 2.32. The van der Waals surface area contributed by atoms with Crippen LogP contribution in [-0.2, 0) is 14.3 Å². The summed E-state index contributed by atoms with van der Waals surface area (Å²) >= 11 is 0. The number of ether oxygens (including phenoxy) is 1. The van der Waals surface area contributed by atoms with Crippen LogP contribution in [0.5, 0.6) is 0 Å². The molecule has 3 aliphatic rings. The molecule has 4 heterocycles. The Bertz CT molecular complexity index is 1230. The molecule has 7 nitrogen and oxygen atoms in total. The Labute approximate surface area is 172 Å². The van der Waals surface area contributed by atoms with Gasteiger partial charge in [0.2, 0.25) is 11.8 Å². The molecule has 30 heavy (non-hydrogen) atoms. The number of aromatic nitrogens is 1. The molecule has 1 N–H and O–H groups in total. The number of carbonyl (C=O) groups is 2. The summed E-state index contributed by atoms with van der Waals surface area (Å²) in [5.74, 6) is -0.473. The van der Waals surface area contributed by atoms with Crippen molar-refractivity contribution >= 4 is 34.1 Å². The van der Waals surface area contributed by atoms with Crippen molar-refractivity contribution in [3.8, 4) is 0 Å². The van der Waals surface area contributed by atoms with Crippen LogP contribution in [0.2, 0.25) is 0 Å². The normalized spacial score (nSPS) is 29.0. The van der Waals surface area contributed by atoms with E-state index < -0.39 is 23.5 Å². The number of fused-ring (bicyclic) bond motifs is 2. The number of carbonyl (C=O) groups excluding carboxylic acids is 2. The quantitative estimate of drug-likeness (QED) is 0.682. The molecule has 2 aromatic carbocycles. The maximum Gasteiger partial charge on any atom is 0.235 e. The molecule has 0 unspecified atom stereocenters. The fourth-order valence-electron chi connectivity index (χ4n) is 5.02. The van der Waals surface area contributed by atoms with Gasteiger partial charge in [0.05, 0.1) is 24.5 Å². The summed E-state index contributed by atoms with van der Waals surface area (Å²) in [5.41, 5.74) is -0.0663. The first kappa shape index (κ1) is 17.4. The zero-order chi connectivity index (χ0) is 20.5. The maximum atomic E-state index is 13.4. The summed E-state index contributed by atoms with van der Waals surface area (Å²) in [5, 5.41) is 9.02. The summed E-state index contributed by atoms with van der Waals surface area (Å²) in [6, 6.07) is 15.4. The lowest BCUT2D eigenvalue weighted by Gasteiger charge is -2.23. The SMILES string of the molecule is Cc1cc(N2C[C@]34C=C[C@@H](O3)[C@@H](C(=O)Nc3cccc5ccccc35)[C@H]4C2=O)no1. The number of hydrogen-bond donors (Lipinski definition) is 1. The van der Waals surface area contributed by atoms with Crippen molar-refractivity contribution in [1.29, 1.82) is 0 Å². The van der Waals surface area contributed by atoms with Crippen LogP contribution in [0.1, 0.15) is 5.76 Å². The van der Waals surface area contributed by atoms with Gasteiger partial charge in [0.25, 0.3) is 0 Å². The van der Waals surface area contributed by atoms with Crippen LogP contribution in [0, 0.1) is 18.8 Å². The van der Waals surface area contributed by atoms with Crippen molar-refractivity contribution in [3.05, 3.63) is 66.4 Å². The van der Waals surface area contributed by atoms with Gasteiger partial charge in [0, 0.05) is 17.1 Å². The van der Waals surface area contributed by atoms with Crippen molar-refractivity contribution in [3.63, 3.8) is 0 Å². The molecule has 7 heteroatoms. The summed E-state index contributed by atoms with van der Waals surface area (Å²) in [6.07, 6.45) is 3.42. The van der Waals surface area contributed by atoms with Gasteiger partial charge in [-0.25, -0.2) is 0 Å². The molecule has 0 aliphatic carbocycles. The number of amides is 2. The lowest BCUT2D eigenvalue weighted by atomic mass is 9.76. The van der Waals surface area contributed by atoms with Crippen LogP contribution in [0.25, 0.3) is 10.8 Å². The minimum atomic E-state index is -0.796. The van der Waals surface area contributed by atoms with E-state index in [9.17, 15) is 9.59 Å². The second kappa shape index (κ2) is 6.03. The van der Waals surface area contributed by atoms with Crippen LogP contribution in [0.3, 0.4) is 0 Å². The molecule has 6 rings (SSSR count). The van der Waals surface area contributed by atoms with E-state index in [0.717, 1.165) is 16.5 Å². The predicted octanol–water partition coefficient (Wildman–Crippen LogP) is 3.06. The third-order valence-electron chi connectivity index (χ3n) is 6.34. The Balaban J connectivity index is 1.33. The van der Waals surface area contributed by atoms with E-state index in [4.69, 9.17) is 9.26 Å². The second-order valence-corrected chi connectivity index (χ2v) is 8.14. The molecule has 4 atom stereocenters. The van der Waals surface area contributed by atoms with Gasteiger partial charge < -0.3 is 14.6 Å². The van der Waals surface area contributed by atoms with Gasteiger partial charge in [0.15, 0.2) is 5.82 Å². The molecular weight excluding hydrogens is 382 g/mol. The van der Waals surface area contributed by atoms with Crippen LogP contribution in [0.15, 0.2) is 65.2 Å². The first-order valence-electron chi connectivity index (χ1n) is 9.96. The lowest BCUT2D eigenvalue weighted by molar-refractivity contribution is -0.128. The molecule has 2 fully saturated rings. The zero-order valence-corrected chi connectivity index (χ0v) is 16.2. The first-order chi connectivity index (χ1) is 14.6. The molecule has 0 radical (unpaired) electrons. The van der Waals surface area contributed by atoms with E-state index >= 15 is 0 Å². The Morgan fingerprint density at radius 1 is 1.23 bits per heavy atom. The lowest BCUT2D eigenvalue weighted by Crippen LogP contribution is -2.41. The molecule has 150 valence electrons. The maximum absolute atomic E-state index is 13.4. The molecule has 1 aromatic heterocycles. The highest BCUT2D eigenvalue weighted by molar-refractivity contribution is 6.07. The van der Waals surface area contributed by atoms with Crippen molar-refractivity contribution in [2.45, 2.75) is 18.6 Å². The predicted molar refractivity (Wildman–Crippen MR) is 110 cm³/mol. The molecule has 2 saturated heterocycles. The summed E-state index contributed by atoms with van der Waals surface area (Å²) in [4.78, 5) is 28.2. The standard InChI is InChI=1S/C23H19N3O4/c1-13-11-18(25-30-13)26-12-23-10-9-17(29-23)19(20(23)22(26)28)21(27)24-16-8-4-6-14-5-2-3-7-15(14)16/h2-11,17,19-20H,12H2,1H3,(H,24,27)/t17-,19-,20+,23+/m1/s1.